The molecule has 0 radical (unpaired) electrons. The van der Waals surface area contributed by atoms with E-state index in [1.54, 1.807) is 6.26 Å². The average Bonchev–Trinajstić information content (AvgIpc) is 3.38. The fourth-order valence-electron chi connectivity index (χ4n) is 4.12. The number of hydrogen-bond acceptors (Lipinski definition) is 5. The molecular weight excluding hydrogens is 340 g/mol. The van der Waals surface area contributed by atoms with Crippen LogP contribution in [-0.2, 0) is 11.2 Å². The number of carbonyl (C=O) groups is 1. The molecule has 2 aromatic heterocycles. The van der Waals surface area contributed by atoms with Gasteiger partial charge in [0, 0.05) is 23.6 Å². The number of furan rings is 1. The van der Waals surface area contributed by atoms with Crippen LogP contribution >= 0.6 is 0 Å². The van der Waals surface area contributed by atoms with Gasteiger partial charge in [-0.05, 0) is 36.1 Å². The third-order valence-electron chi connectivity index (χ3n) is 5.51. The van der Waals surface area contributed by atoms with Crippen LogP contribution in [0.4, 0.5) is 5.95 Å². The predicted octanol–water partition coefficient (Wildman–Crippen LogP) is 3.85. The number of Topliss-reactive ketones (excluding diaryl/α,β-unsaturated/α-hetero) is 1. The molecule has 5 rings (SSSR count). The van der Waals surface area contributed by atoms with Crippen LogP contribution in [0.3, 0.4) is 0 Å². The van der Waals surface area contributed by atoms with Gasteiger partial charge < -0.3 is 9.73 Å². The van der Waals surface area contributed by atoms with Gasteiger partial charge in [-0.2, -0.15) is 10.1 Å². The summed E-state index contributed by atoms with van der Waals surface area (Å²) in [7, 11) is 0. The molecule has 0 spiro atoms. The summed E-state index contributed by atoms with van der Waals surface area (Å²) in [5.41, 5.74) is 4.05. The van der Waals surface area contributed by atoms with Crippen LogP contribution in [0.15, 0.2) is 64.7 Å². The van der Waals surface area contributed by atoms with Gasteiger partial charge in [-0.25, -0.2) is 4.68 Å². The van der Waals surface area contributed by atoms with E-state index in [0.717, 1.165) is 35.4 Å². The van der Waals surface area contributed by atoms with Crippen molar-refractivity contribution < 1.29 is 9.21 Å². The van der Waals surface area contributed by atoms with Gasteiger partial charge in [0.25, 0.3) is 0 Å². The van der Waals surface area contributed by atoms with Crippen LogP contribution in [0.2, 0.25) is 0 Å². The number of fused-ring (bicyclic) bond motifs is 1. The number of rotatable bonds is 3. The summed E-state index contributed by atoms with van der Waals surface area (Å²) in [5, 5.41) is 7.72. The zero-order valence-electron chi connectivity index (χ0n) is 15.1. The van der Waals surface area contributed by atoms with Crippen molar-refractivity contribution in [3.8, 4) is 0 Å². The van der Waals surface area contributed by atoms with E-state index in [1.165, 1.54) is 11.9 Å². The molecule has 1 aliphatic carbocycles. The summed E-state index contributed by atoms with van der Waals surface area (Å²) in [6.45, 7) is 2.13. The Morgan fingerprint density at radius 2 is 2.07 bits per heavy atom. The van der Waals surface area contributed by atoms with E-state index in [4.69, 9.17) is 4.42 Å². The van der Waals surface area contributed by atoms with Crippen molar-refractivity contribution in [2.75, 3.05) is 5.32 Å². The molecule has 2 atom stereocenters. The Labute approximate surface area is 156 Å². The topological polar surface area (TPSA) is 73.0 Å². The molecule has 1 N–H and O–H groups in total. The van der Waals surface area contributed by atoms with Gasteiger partial charge in [-0.15, -0.1) is 0 Å². The number of aromatic nitrogens is 3. The Bertz CT molecular complexity index is 1010. The molecule has 136 valence electrons. The van der Waals surface area contributed by atoms with Gasteiger partial charge in [0.05, 0.1) is 6.26 Å². The van der Waals surface area contributed by atoms with E-state index in [2.05, 4.69) is 46.6 Å². The molecule has 0 amide bonds. The number of hydrogen-bond donors (Lipinski definition) is 1. The molecule has 0 unspecified atom stereocenters. The zero-order chi connectivity index (χ0) is 18.4. The van der Waals surface area contributed by atoms with Crippen LogP contribution in [0, 0.1) is 0 Å². The number of carbonyl (C=O) groups excluding carboxylic acids is 1. The predicted molar refractivity (Wildman–Crippen MR) is 100 cm³/mol. The highest BCUT2D eigenvalue weighted by Crippen LogP contribution is 2.43. The van der Waals surface area contributed by atoms with Gasteiger partial charge in [0.1, 0.15) is 18.1 Å². The molecule has 3 heterocycles. The summed E-state index contributed by atoms with van der Waals surface area (Å²) in [5.74, 6) is 1.71. The molecule has 1 aliphatic heterocycles. The van der Waals surface area contributed by atoms with Crippen LogP contribution in [0.5, 0.6) is 0 Å². The normalized spacial score (nSPS) is 21.6. The number of nitrogens with zero attached hydrogens (tertiary/aromatic N) is 3. The van der Waals surface area contributed by atoms with Crippen LogP contribution in [0.1, 0.15) is 48.6 Å². The molecule has 2 aliphatic rings. The monoisotopic (exact) mass is 360 g/mol. The summed E-state index contributed by atoms with van der Waals surface area (Å²) < 4.78 is 7.37. The molecule has 1 aromatic carbocycles. The first-order valence-electron chi connectivity index (χ1n) is 9.29. The number of anilines is 1. The summed E-state index contributed by atoms with van der Waals surface area (Å²) in [6, 6.07) is 12.0. The minimum Gasteiger partial charge on any atom is -0.469 e. The maximum atomic E-state index is 13.2. The maximum Gasteiger partial charge on any atom is 0.226 e. The highest BCUT2D eigenvalue weighted by molar-refractivity contribution is 6.00. The maximum absolute atomic E-state index is 13.2. The lowest BCUT2D eigenvalue weighted by Gasteiger charge is -2.34. The van der Waals surface area contributed by atoms with Crippen molar-refractivity contribution in [3.05, 3.63) is 77.1 Å². The third-order valence-corrected chi connectivity index (χ3v) is 5.51. The Morgan fingerprint density at radius 1 is 1.22 bits per heavy atom. The largest absolute Gasteiger partial charge is 0.469 e. The summed E-state index contributed by atoms with van der Waals surface area (Å²) >= 11 is 0. The molecule has 0 fully saturated rings. The number of aryl methyl sites for hydroxylation is 1. The second-order valence-electron chi connectivity index (χ2n) is 7.09. The molecule has 3 aromatic rings. The van der Waals surface area contributed by atoms with E-state index in [-0.39, 0.29) is 17.7 Å². The molecule has 0 saturated heterocycles. The zero-order valence-corrected chi connectivity index (χ0v) is 15.1. The second kappa shape index (κ2) is 6.23. The number of benzene rings is 1. The van der Waals surface area contributed by atoms with Crippen LogP contribution < -0.4 is 5.32 Å². The summed E-state index contributed by atoms with van der Waals surface area (Å²) in [6.07, 6.45) is 5.35. The Morgan fingerprint density at radius 3 is 2.81 bits per heavy atom. The number of allylic oxidation sites excluding steroid dienone is 2. The van der Waals surface area contributed by atoms with Gasteiger partial charge >= 0.3 is 0 Å². The van der Waals surface area contributed by atoms with E-state index >= 15 is 0 Å². The molecule has 6 heteroatoms. The Kier molecular flexibility index (Phi) is 3.70. The highest BCUT2D eigenvalue weighted by Gasteiger charge is 2.39. The van der Waals surface area contributed by atoms with Crippen molar-refractivity contribution in [3.63, 3.8) is 0 Å². The molecule has 0 saturated carbocycles. The number of ketones is 1. The van der Waals surface area contributed by atoms with E-state index in [1.807, 2.05) is 16.8 Å². The summed E-state index contributed by atoms with van der Waals surface area (Å²) in [4.78, 5) is 17.5. The molecule has 27 heavy (non-hydrogen) atoms. The smallest absolute Gasteiger partial charge is 0.226 e. The lowest BCUT2D eigenvalue weighted by atomic mass is 9.79. The quantitative estimate of drug-likeness (QED) is 0.768. The molecular formula is C21H20N4O2. The first kappa shape index (κ1) is 16.1. The van der Waals surface area contributed by atoms with Gasteiger partial charge in [0.15, 0.2) is 5.78 Å². The van der Waals surface area contributed by atoms with Gasteiger partial charge in [-0.3, -0.25) is 4.79 Å². The average molecular weight is 360 g/mol. The minimum absolute atomic E-state index is 0.0522. The molecule has 0 bridgehead atoms. The van der Waals surface area contributed by atoms with Crippen LogP contribution in [0.25, 0.3) is 0 Å². The third kappa shape index (κ3) is 2.60. The van der Waals surface area contributed by atoms with Crippen molar-refractivity contribution in [2.24, 2.45) is 0 Å². The van der Waals surface area contributed by atoms with Crippen LogP contribution in [-0.4, -0.2) is 20.5 Å². The van der Waals surface area contributed by atoms with Crippen molar-refractivity contribution in [1.82, 2.24) is 14.8 Å². The van der Waals surface area contributed by atoms with E-state index in [0.29, 0.717) is 12.4 Å². The standard InChI is InChI=1S/C21H20N4O2/c1-2-13-5-7-14(8-6-13)20-19-16(24-21-22-12-23-25(20)21)10-15(11-17(19)26)18-4-3-9-27-18/h3-9,12,15,20H,2,10-11H2,1H3,(H,22,23,24)/t15-,20-/m0/s1. The van der Waals surface area contributed by atoms with Gasteiger partial charge in [-0.1, -0.05) is 31.2 Å². The Balaban J connectivity index is 1.60. The lowest BCUT2D eigenvalue weighted by Crippen LogP contribution is -2.33. The first-order valence-corrected chi connectivity index (χ1v) is 9.29. The molecule has 6 nitrogen and oxygen atoms in total. The highest BCUT2D eigenvalue weighted by atomic mass is 16.3. The van der Waals surface area contributed by atoms with E-state index in [9.17, 15) is 4.79 Å². The van der Waals surface area contributed by atoms with Gasteiger partial charge in [0.2, 0.25) is 5.95 Å². The SMILES string of the molecule is CCc1ccc([C@H]2C3=C(C[C@H](c4ccco4)CC3=O)Nc3ncnn32)cc1. The number of nitrogens with one attached hydrogen (secondary N) is 1. The first-order chi connectivity index (χ1) is 13.2. The fraction of sp³-hybridized carbons (Fsp3) is 0.286. The Hall–Kier alpha value is -3.15. The lowest BCUT2D eigenvalue weighted by molar-refractivity contribution is -0.117. The minimum atomic E-state index is -0.241. The van der Waals surface area contributed by atoms with Crippen molar-refractivity contribution in [1.29, 1.82) is 0 Å². The van der Waals surface area contributed by atoms with Crippen molar-refractivity contribution in [2.45, 2.75) is 38.1 Å². The fourth-order valence-corrected chi connectivity index (χ4v) is 4.12. The second-order valence-corrected chi connectivity index (χ2v) is 7.09. The van der Waals surface area contributed by atoms with Crippen molar-refractivity contribution >= 4 is 11.7 Å². The van der Waals surface area contributed by atoms with E-state index < -0.39 is 0 Å².